The number of ether oxygens (including phenoxy) is 2. The van der Waals surface area contributed by atoms with E-state index in [9.17, 15) is 4.79 Å². The highest BCUT2D eigenvalue weighted by Crippen LogP contribution is 2.28. The molecule has 2 rings (SSSR count). The summed E-state index contributed by atoms with van der Waals surface area (Å²) in [5.74, 6) is 1.80. The van der Waals surface area contributed by atoms with Crippen LogP contribution in [0.25, 0.3) is 0 Å². The van der Waals surface area contributed by atoms with Crippen LogP contribution < -0.4 is 9.47 Å². The highest BCUT2D eigenvalue weighted by molar-refractivity contribution is 5.78. The van der Waals surface area contributed by atoms with Crippen molar-refractivity contribution in [1.82, 2.24) is 9.80 Å². The molecule has 5 heteroatoms. The second-order valence-electron chi connectivity index (χ2n) is 5.54. The molecule has 0 radical (unpaired) electrons. The Morgan fingerprint density at radius 1 is 1.23 bits per heavy atom. The molecule has 0 spiro atoms. The van der Waals surface area contributed by atoms with Crippen LogP contribution in [0, 0.1) is 0 Å². The van der Waals surface area contributed by atoms with Gasteiger partial charge in [0.05, 0.1) is 14.2 Å². The third-order valence-corrected chi connectivity index (χ3v) is 4.16. The fraction of sp³-hybridized carbons (Fsp3) is 0.588. The molecule has 1 aromatic carbocycles. The molecular weight excluding hydrogens is 280 g/mol. The van der Waals surface area contributed by atoms with Crippen molar-refractivity contribution >= 4 is 5.91 Å². The minimum absolute atomic E-state index is 0.294. The number of hydrogen-bond donors (Lipinski definition) is 0. The van der Waals surface area contributed by atoms with E-state index in [0.29, 0.717) is 12.3 Å². The molecule has 0 bridgehead atoms. The van der Waals surface area contributed by atoms with Crippen molar-refractivity contribution in [1.29, 1.82) is 0 Å². The lowest BCUT2D eigenvalue weighted by Gasteiger charge is -2.24. The van der Waals surface area contributed by atoms with Gasteiger partial charge in [0.2, 0.25) is 5.91 Å². The van der Waals surface area contributed by atoms with Crippen molar-refractivity contribution in [2.75, 3.05) is 40.4 Å². The highest BCUT2D eigenvalue weighted by Gasteiger charge is 2.20. The minimum atomic E-state index is 0.294. The first kappa shape index (κ1) is 16.6. The van der Waals surface area contributed by atoms with Crippen molar-refractivity contribution < 1.29 is 14.3 Å². The number of hydrogen-bond acceptors (Lipinski definition) is 4. The Kier molecular flexibility index (Phi) is 6.07. The van der Waals surface area contributed by atoms with Crippen molar-refractivity contribution in [3.8, 4) is 11.5 Å². The van der Waals surface area contributed by atoms with E-state index >= 15 is 0 Å². The van der Waals surface area contributed by atoms with E-state index in [0.717, 1.165) is 50.6 Å². The van der Waals surface area contributed by atoms with Gasteiger partial charge in [-0.2, -0.15) is 0 Å². The maximum Gasteiger partial charge on any atom is 0.222 e. The SMILES string of the molecule is CCN(CCN1CCCC1=O)Cc1ccc(OC)c(OC)c1. The predicted octanol–water partition coefficient (Wildman–Crippen LogP) is 2.15. The fourth-order valence-corrected chi connectivity index (χ4v) is 2.79. The summed E-state index contributed by atoms with van der Waals surface area (Å²) in [6, 6.07) is 6.01. The quantitative estimate of drug-likeness (QED) is 0.738. The first-order chi connectivity index (χ1) is 10.7. The molecule has 0 aliphatic carbocycles. The molecular formula is C17H26N2O3. The van der Waals surface area contributed by atoms with E-state index in [1.165, 1.54) is 5.56 Å². The molecule has 1 saturated heterocycles. The van der Waals surface area contributed by atoms with Gasteiger partial charge in [0.15, 0.2) is 11.5 Å². The summed E-state index contributed by atoms with van der Waals surface area (Å²) in [5, 5.41) is 0. The number of carbonyl (C=O) groups is 1. The van der Waals surface area contributed by atoms with Crippen LogP contribution >= 0.6 is 0 Å². The number of rotatable bonds is 8. The minimum Gasteiger partial charge on any atom is -0.493 e. The van der Waals surface area contributed by atoms with E-state index in [1.807, 2.05) is 17.0 Å². The van der Waals surface area contributed by atoms with Crippen LogP contribution in [-0.2, 0) is 11.3 Å². The summed E-state index contributed by atoms with van der Waals surface area (Å²) < 4.78 is 10.6. The molecule has 0 N–H and O–H groups in total. The summed E-state index contributed by atoms with van der Waals surface area (Å²) in [6.07, 6.45) is 1.71. The van der Waals surface area contributed by atoms with E-state index in [1.54, 1.807) is 14.2 Å². The van der Waals surface area contributed by atoms with Gasteiger partial charge < -0.3 is 14.4 Å². The van der Waals surface area contributed by atoms with Crippen molar-refractivity contribution in [3.63, 3.8) is 0 Å². The van der Waals surface area contributed by atoms with E-state index in [-0.39, 0.29) is 0 Å². The largest absolute Gasteiger partial charge is 0.493 e. The maximum atomic E-state index is 11.7. The van der Waals surface area contributed by atoms with E-state index < -0.39 is 0 Å². The Labute approximate surface area is 132 Å². The zero-order chi connectivity index (χ0) is 15.9. The lowest BCUT2D eigenvalue weighted by molar-refractivity contribution is -0.127. The Balaban J connectivity index is 1.93. The van der Waals surface area contributed by atoms with Crippen LogP contribution in [0.2, 0.25) is 0 Å². The van der Waals surface area contributed by atoms with Gasteiger partial charge in [0.1, 0.15) is 0 Å². The van der Waals surface area contributed by atoms with Crippen LogP contribution in [0.15, 0.2) is 18.2 Å². The average molecular weight is 306 g/mol. The molecule has 1 aliphatic heterocycles. The monoisotopic (exact) mass is 306 g/mol. The molecule has 122 valence electrons. The summed E-state index contributed by atoms with van der Waals surface area (Å²) in [6.45, 7) is 6.57. The van der Waals surface area contributed by atoms with Gasteiger partial charge in [-0.25, -0.2) is 0 Å². The van der Waals surface area contributed by atoms with Gasteiger partial charge in [-0.15, -0.1) is 0 Å². The van der Waals surface area contributed by atoms with Crippen LogP contribution in [0.1, 0.15) is 25.3 Å². The second kappa shape index (κ2) is 8.03. The van der Waals surface area contributed by atoms with Crippen molar-refractivity contribution in [3.05, 3.63) is 23.8 Å². The molecule has 5 nitrogen and oxygen atoms in total. The number of carbonyl (C=O) groups excluding carboxylic acids is 1. The zero-order valence-corrected chi connectivity index (χ0v) is 13.8. The van der Waals surface area contributed by atoms with E-state index in [2.05, 4.69) is 17.9 Å². The normalized spacial score (nSPS) is 14.7. The topological polar surface area (TPSA) is 42.0 Å². The molecule has 22 heavy (non-hydrogen) atoms. The summed E-state index contributed by atoms with van der Waals surface area (Å²) >= 11 is 0. The summed E-state index contributed by atoms with van der Waals surface area (Å²) in [7, 11) is 3.29. The Morgan fingerprint density at radius 2 is 2.00 bits per heavy atom. The number of nitrogens with zero attached hydrogens (tertiary/aromatic N) is 2. The van der Waals surface area contributed by atoms with Gasteiger partial charge in [-0.05, 0) is 30.7 Å². The second-order valence-corrected chi connectivity index (χ2v) is 5.54. The summed E-state index contributed by atoms with van der Waals surface area (Å²) in [4.78, 5) is 16.0. The number of benzene rings is 1. The van der Waals surface area contributed by atoms with Gasteiger partial charge in [0, 0.05) is 32.6 Å². The molecule has 1 aliphatic rings. The van der Waals surface area contributed by atoms with Gasteiger partial charge in [-0.1, -0.05) is 13.0 Å². The lowest BCUT2D eigenvalue weighted by Crippen LogP contribution is -2.35. The molecule has 0 atom stereocenters. The summed E-state index contributed by atoms with van der Waals surface area (Å²) in [5.41, 5.74) is 1.19. The molecule has 0 aromatic heterocycles. The first-order valence-electron chi connectivity index (χ1n) is 7.89. The molecule has 1 aromatic rings. The first-order valence-corrected chi connectivity index (χ1v) is 7.89. The smallest absolute Gasteiger partial charge is 0.222 e. The number of likely N-dealkylation sites (N-methyl/N-ethyl adjacent to an activating group) is 1. The molecule has 0 saturated carbocycles. The third-order valence-electron chi connectivity index (χ3n) is 4.16. The van der Waals surface area contributed by atoms with Gasteiger partial charge >= 0.3 is 0 Å². The van der Waals surface area contributed by atoms with E-state index in [4.69, 9.17) is 9.47 Å². The van der Waals surface area contributed by atoms with Crippen molar-refractivity contribution in [2.45, 2.75) is 26.3 Å². The maximum absolute atomic E-state index is 11.7. The molecule has 0 unspecified atom stereocenters. The predicted molar refractivity (Wildman–Crippen MR) is 86.3 cm³/mol. The number of likely N-dealkylation sites (tertiary alicyclic amines) is 1. The van der Waals surface area contributed by atoms with Crippen LogP contribution in [0.5, 0.6) is 11.5 Å². The Hall–Kier alpha value is -1.75. The third kappa shape index (κ3) is 4.13. The Morgan fingerprint density at radius 3 is 2.59 bits per heavy atom. The van der Waals surface area contributed by atoms with Crippen LogP contribution in [-0.4, -0.2) is 56.1 Å². The zero-order valence-electron chi connectivity index (χ0n) is 13.8. The molecule has 1 fully saturated rings. The lowest BCUT2D eigenvalue weighted by atomic mass is 10.2. The van der Waals surface area contributed by atoms with Gasteiger partial charge in [-0.3, -0.25) is 9.69 Å². The Bertz CT molecular complexity index is 505. The average Bonchev–Trinajstić information content (AvgIpc) is 2.96. The fourth-order valence-electron chi connectivity index (χ4n) is 2.79. The van der Waals surface area contributed by atoms with Gasteiger partial charge in [0.25, 0.3) is 0 Å². The highest BCUT2D eigenvalue weighted by atomic mass is 16.5. The van der Waals surface area contributed by atoms with Crippen LogP contribution in [0.4, 0.5) is 0 Å². The van der Waals surface area contributed by atoms with Crippen LogP contribution in [0.3, 0.4) is 0 Å². The molecule has 1 amide bonds. The number of amides is 1. The molecule has 1 heterocycles. The van der Waals surface area contributed by atoms with Crippen molar-refractivity contribution in [2.24, 2.45) is 0 Å². The standard InChI is InChI=1S/C17H26N2O3/c1-4-18(10-11-19-9-5-6-17(19)20)13-14-7-8-15(21-2)16(12-14)22-3/h7-8,12H,4-6,9-11,13H2,1-3H3. The number of methoxy groups -OCH3 is 2.